The SMILES string of the molecule is CCCn1c(=O)ccc2c(-c3nc(C(=O)OC)c(-c4cccnc4)s3)[nH]nc21. The maximum Gasteiger partial charge on any atom is 0.358 e. The summed E-state index contributed by atoms with van der Waals surface area (Å²) >= 11 is 1.34. The summed E-state index contributed by atoms with van der Waals surface area (Å²) in [5, 5.41) is 8.66. The summed E-state index contributed by atoms with van der Waals surface area (Å²) in [6.07, 6.45) is 4.16. The van der Waals surface area contributed by atoms with E-state index in [4.69, 9.17) is 4.74 Å². The van der Waals surface area contributed by atoms with Crippen molar-refractivity contribution >= 4 is 28.3 Å². The van der Waals surface area contributed by atoms with E-state index in [2.05, 4.69) is 20.2 Å². The van der Waals surface area contributed by atoms with Crippen LogP contribution in [0.1, 0.15) is 23.8 Å². The number of fused-ring (bicyclic) bond motifs is 1. The van der Waals surface area contributed by atoms with Crippen molar-refractivity contribution < 1.29 is 9.53 Å². The normalized spacial score (nSPS) is 11.1. The van der Waals surface area contributed by atoms with Gasteiger partial charge in [-0.25, -0.2) is 9.78 Å². The van der Waals surface area contributed by atoms with E-state index in [9.17, 15) is 9.59 Å². The zero-order chi connectivity index (χ0) is 19.7. The molecule has 0 unspecified atom stereocenters. The molecule has 0 aromatic carbocycles. The van der Waals surface area contributed by atoms with Gasteiger partial charge in [-0.2, -0.15) is 5.10 Å². The summed E-state index contributed by atoms with van der Waals surface area (Å²) in [6.45, 7) is 2.58. The van der Waals surface area contributed by atoms with Gasteiger partial charge in [-0.3, -0.25) is 19.4 Å². The molecule has 4 aromatic rings. The van der Waals surface area contributed by atoms with Crippen molar-refractivity contribution in [3.05, 3.63) is 52.7 Å². The van der Waals surface area contributed by atoms with Gasteiger partial charge in [0.1, 0.15) is 10.7 Å². The molecule has 0 saturated carbocycles. The van der Waals surface area contributed by atoms with E-state index < -0.39 is 5.97 Å². The number of hydrogen-bond donors (Lipinski definition) is 1. The molecule has 0 amide bonds. The number of esters is 1. The number of H-pyrrole nitrogens is 1. The van der Waals surface area contributed by atoms with E-state index in [1.165, 1.54) is 24.5 Å². The number of nitrogens with one attached hydrogen (secondary N) is 1. The fourth-order valence-corrected chi connectivity index (χ4v) is 4.06. The number of aryl methyl sites for hydroxylation is 1. The molecule has 0 radical (unpaired) electrons. The minimum absolute atomic E-state index is 0.0992. The number of rotatable bonds is 5. The monoisotopic (exact) mass is 395 g/mol. The van der Waals surface area contributed by atoms with Crippen LogP contribution in [0.25, 0.3) is 32.2 Å². The zero-order valence-electron chi connectivity index (χ0n) is 15.3. The Balaban J connectivity index is 1.91. The molecule has 1 N–H and O–H groups in total. The van der Waals surface area contributed by atoms with Gasteiger partial charge in [-0.05, 0) is 18.6 Å². The molecule has 0 aliphatic heterocycles. The lowest BCUT2D eigenvalue weighted by Crippen LogP contribution is -2.19. The first kappa shape index (κ1) is 18.1. The fraction of sp³-hybridized carbons (Fsp3) is 0.211. The van der Waals surface area contributed by atoms with Gasteiger partial charge in [0.15, 0.2) is 11.3 Å². The van der Waals surface area contributed by atoms with Gasteiger partial charge in [0.05, 0.1) is 12.0 Å². The van der Waals surface area contributed by atoms with Crippen LogP contribution >= 0.6 is 11.3 Å². The Bertz CT molecular complexity index is 1210. The van der Waals surface area contributed by atoms with Crippen molar-refractivity contribution in [2.75, 3.05) is 7.11 Å². The van der Waals surface area contributed by atoms with Gasteiger partial charge in [-0.15, -0.1) is 11.3 Å². The number of pyridine rings is 2. The highest BCUT2D eigenvalue weighted by Crippen LogP contribution is 2.37. The molecule has 4 heterocycles. The largest absolute Gasteiger partial charge is 0.464 e. The third-order valence-corrected chi connectivity index (χ3v) is 5.41. The maximum atomic E-state index is 12.3. The molecule has 9 heteroatoms. The van der Waals surface area contributed by atoms with Crippen molar-refractivity contribution in [2.24, 2.45) is 0 Å². The second-order valence-electron chi connectivity index (χ2n) is 6.09. The predicted molar refractivity (Wildman–Crippen MR) is 106 cm³/mol. The molecule has 0 spiro atoms. The van der Waals surface area contributed by atoms with Crippen molar-refractivity contribution in [1.82, 2.24) is 24.7 Å². The smallest absolute Gasteiger partial charge is 0.358 e. The molecule has 0 saturated heterocycles. The average Bonchev–Trinajstić information content (AvgIpc) is 3.34. The van der Waals surface area contributed by atoms with Crippen LogP contribution in [0.5, 0.6) is 0 Å². The van der Waals surface area contributed by atoms with Crippen molar-refractivity contribution in [1.29, 1.82) is 0 Å². The quantitative estimate of drug-likeness (QED) is 0.521. The predicted octanol–water partition coefficient (Wildman–Crippen LogP) is 3.11. The molecular formula is C19H17N5O3S. The molecule has 0 aliphatic rings. The topological polar surface area (TPSA) is 103 Å². The van der Waals surface area contributed by atoms with Crippen LogP contribution in [-0.4, -0.2) is 37.8 Å². The minimum atomic E-state index is -0.520. The highest BCUT2D eigenvalue weighted by atomic mass is 32.1. The second-order valence-corrected chi connectivity index (χ2v) is 7.09. The van der Waals surface area contributed by atoms with Crippen LogP contribution in [0.4, 0.5) is 0 Å². The van der Waals surface area contributed by atoms with Gasteiger partial charge in [0.2, 0.25) is 0 Å². The Labute approximate surface area is 163 Å². The molecule has 0 bridgehead atoms. The summed E-state index contributed by atoms with van der Waals surface area (Å²) in [5.41, 5.74) is 2.13. The number of methoxy groups -OCH3 is 1. The lowest BCUT2D eigenvalue weighted by molar-refractivity contribution is 0.0596. The standard InChI is InChI=1S/C19H17N5O3S/c1-3-9-24-13(25)7-6-12-14(22-23-17(12)24)18-21-15(19(26)27-2)16(28-18)11-5-4-8-20-10-11/h4-8,10H,3,9H2,1-2H3,(H,22,23). The fourth-order valence-electron chi connectivity index (χ4n) is 3.01. The van der Waals surface area contributed by atoms with E-state index in [0.29, 0.717) is 27.8 Å². The molecule has 142 valence electrons. The van der Waals surface area contributed by atoms with Crippen LogP contribution < -0.4 is 5.56 Å². The van der Waals surface area contributed by atoms with Crippen LogP contribution in [0, 0.1) is 0 Å². The van der Waals surface area contributed by atoms with E-state index in [0.717, 1.165) is 17.4 Å². The second kappa shape index (κ2) is 7.35. The molecule has 0 aliphatic carbocycles. The number of ether oxygens (including phenoxy) is 1. The third-order valence-electron chi connectivity index (χ3n) is 4.29. The molecule has 0 fully saturated rings. The lowest BCUT2D eigenvalue weighted by atomic mass is 10.2. The Hall–Kier alpha value is -3.33. The Morgan fingerprint density at radius 3 is 2.89 bits per heavy atom. The number of hydrogen-bond acceptors (Lipinski definition) is 7. The van der Waals surface area contributed by atoms with Gasteiger partial charge in [-0.1, -0.05) is 13.0 Å². The zero-order valence-corrected chi connectivity index (χ0v) is 16.1. The Morgan fingerprint density at radius 2 is 2.18 bits per heavy atom. The van der Waals surface area contributed by atoms with Gasteiger partial charge < -0.3 is 4.74 Å². The first-order chi connectivity index (χ1) is 13.6. The minimum Gasteiger partial charge on any atom is -0.464 e. The van der Waals surface area contributed by atoms with Crippen molar-refractivity contribution in [3.63, 3.8) is 0 Å². The average molecular weight is 395 g/mol. The summed E-state index contributed by atoms with van der Waals surface area (Å²) in [4.78, 5) is 33.7. The van der Waals surface area contributed by atoms with Gasteiger partial charge in [0.25, 0.3) is 5.56 Å². The van der Waals surface area contributed by atoms with Crippen LogP contribution in [-0.2, 0) is 11.3 Å². The number of carbonyl (C=O) groups is 1. The van der Waals surface area contributed by atoms with E-state index >= 15 is 0 Å². The molecular weight excluding hydrogens is 378 g/mol. The number of nitrogens with zero attached hydrogens (tertiary/aromatic N) is 4. The van der Waals surface area contributed by atoms with Gasteiger partial charge >= 0.3 is 5.97 Å². The number of aromatic nitrogens is 5. The number of thiazole rings is 1. The summed E-state index contributed by atoms with van der Waals surface area (Å²) in [5.74, 6) is -0.520. The number of aromatic amines is 1. The third kappa shape index (κ3) is 2.99. The number of carbonyl (C=O) groups excluding carboxylic acids is 1. The van der Waals surface area contributed by atoms with Crippen LogP contribution in [0.3, 0.4) is 0 Å². The molecule has 8 nitrogen and oxygen atoms in total. The molecule has 4 aromatic heterocycles. The van der Waals surface area contributed by atoms with Gasteiger partial charge in [0, 0.05) is 36.0 Å². The summed E-state index contributed by atoms with van der Waals surface area (Å²) < 4.78 is 6.53. The van der Waals surface area contributed by atoms with Crippen molar-refractivity contribution in [2.45, 2.75) is 19.9 Å². The first-order valence-electron chi connectivity index (χ1n) is 8.71. The summed E-state index contributed by atoms with van der Waals surface area (Å²) in [6, 6.07) is 6.91. The van der Waals surface area contributed by atoms with Crippen LogP contribution in [0.2, 0.25) is 0 Å². The highest BCUT2D eigenvalue weighted by molar-refractivity contribution is 7.18. The van der Waals surface area contributed by atoms with E-state index in [-0.39, 0.29) is 11.3 Å². The molecule has 4 rings (SSSR count). The molecule has 0 atom stereocenters. The molecule has 28 heavy (non-hydrogen) atoms. The lowest BCUT2D eigenvalue weighted by Gasteiger charge is -2.03. The first-order valence-corrected chi connectivity index (χ1v) is 9.53. The van der Waals surface area contributed by atoms with E-state index in [1.807, 2.05) is 13.0 Å². The maximum absolute atomic E-state index is 12.3. The Kier molecular flexibility index (Phi) is 4.74. The highest BCUT2D eigenvalue weighted by Gasteiger charge is 2.23. The van der Waals surface area contributed by atoms with E-state index in [1.54, 1.807) is 29.1 Å². The Morgan fingerprint density at radius 1 is 1.32 bits per heavy atom. The van der Waals surface area contributed by atoms with Crippen LogP contribution in [0.15, 0.2) is 41.5 Å². The van der Waals surface area contributed by atoms with Crippen molar-refractivity contribution in [3.8, 4) is 21.1 Å². The summed E-state index contributed by atoms with van der Waals surface area (Å²) in [7, 11) is 1.32.